The van der Waals surface area contributed by atoms with Gasteiger partial charge in [-0.25, -0.2) is 0 Å². The van der Waals surface area contributed by atoms with Gasteiger partial charge in [-0.05, 0) is 129 Å². The Balaban J connectivity index is 0.000000269. The number of aryl methyl sites for hydroxylation is 9. The fraction of sp³-hybridized carbons (Fsp3) is 0.273. The first-order valence-corrected chi connectivity index (χ1v) is 28.9. The van der Waals surface area contributed by atoms with E-state index in [1.807, 2.05) is 12.4 Å². The Labute approximate surface area is 480 Å². The summed E-state index contributed by atoms with van der Waals surface area (Å²) in [5.41, 5.74) is 36.3. The molecule has 408 valence electrons. The maximum atomic E-state index is 6.70. The molecule has 6 atom stereocenters. The predicted molar refractivity (Wildman–Crippen MR) is 346 cm³/mol. The number of benzene rings is 9. The summed E-state index contributed by atoms with van der Waals surface area (Å²) in [6.07, 6.45) is 3.84. The normalized spacial score (nSPS) is 13.8. The van der Waals surface area contributed by atoms with Gasteiger partial charge in [0.25, 0.3) is 0 Å². The molecule has 2 N–H and O–H groups in total. The Morgan fingerprint density at radius 2 is 0.450 bits per heavy atom. The number of rotatable bonds is 15. The molecule has 2 unspecified atom stereocenters. The molecule has 3 heteroatoms. The van der Waals surface area contributed by atoms with Crippen molar-refractivity contribution in [3.8, 4) is 0 Å². The molecule has 0 fully saturated rings. The van der Waals surface area contributed by atoms with Crippen molar-refractivity contribution in [1.29, 1.82) is 0 Å². The number of hydrogen-bond acceptors (Lipinski definition) is 3. The van der Waals surface area contributed by atoms with Crippen molar-refractivity contribution in [2.24, 2.45) is 9.98 Å². The SMILES string of the molecule is Cc1cccc(C(C)c2cc(C)cc(C(C)c3cccc(C)c3)c2N)c1.Cc1cccc([C@@H](C)c2cc(C)cc([C@H](C)c3cccc(C)c3)c2N=CC=Nc2c([C@@H](C)c3cccc(C)c3)cc(C)cc2[C@@H](C)c2cccc(C)c2)c1. The molecule has 0 saturated carbocycles. The van der Waals surface area contributed by atoms with Crippen LogP contribution in [0.25, 0.3) is 0 Å². The second kappa shape index (κ2) is 25.9. The molecule has 0 amide bonds. The summed E-state index contributed by atoms with van der Waals surface area (Å²) < 4.78 is 0. The second-order valence-electron chi connectivity index (χ2n) is 23.3. The molecule has 0 heterocycles. The van der Waals surface area contributed by atoms with Gasteiger partial charge >= 0.3 is 0 Å². The van der Waals surface area contributed by atoms with Crippen LogP contribution in [0.3, 0.4) is 0 Å². The summed E-state index contributed by atoms with van der Waals surface area (Å²) in [6.45, 7) is 33.3. The number of nitrogens with two attached hydrogens (primary N) is 1. The summed E-state index contributed by atoms with van der Waals surface area (Å²) >= 11 is 0. The van der Waals surface area contributed by atoms with Crippen LogP contribution >= 0.6 is 0 Å². The Morgan fingerprint density at radius 1 is 0.263 bits per heavy atom. The maximum absolute atomic E-state index is 6.70. The average molecular weight is 1050 g/mol. The minimum atomic E-state index is 0.165. The van der Waals surface area contributed by atoms with Gasteiger partial charge in [0.2, 0.25) is 0 Å². The lowest BCUT2D eigenvalue weighted by atomic mass is 9.83. The first kappa shape index (κ1) is 58.3. The van der Waals surface area contributed by atoms with Gasteiger partial charge in [0, 0.05) is 53.6 Å². The van der Waals surface area contributed by atoms with Crippen molar-refractivity contribution >= 4 is 29.5 Å². The summed E-state index contributed by atoms with van der Waals surface area (Å²) in [7, 11) is 0. The molecular formula is C77H85N3. The zero-order valence-corrected chi connectivity index (χ0v) is 50.4. The van der Waals surface area contributed by atoms with Crippen molar-refractivity contribution in [3.63, 3.8) is 0 Å². The fourth-order valence-electron chi connectivity index (χ4n) is 11.8. The highest BCUT2D eigenvalue weighted by molar-refractivity contribution is 6.17. The Hall–Kier alpha value is -7.88. The van der Waals surface area contributed by atoms with Crippen molar-refractivity contribution in [2.75, 3.05) is 5.73 Å². The van der Waals surface area contributed by atoms with E-state index in [1.54, 1.807) is 0 Å². The van der Waals surface area contributed by atoms with E-state index < -0.39 is 0 Å². The van der Waals surface area contributed by atoms with Crippen LogP contribution in [-0.2, 0) is 0 Å². The van der Waals surface area contributed by atoms with E-state index in [1.165, 1.54) is 117 Å². The number of nitrogen functional groups attached to an aromatic ring is 1. The molecule has 3 nitrogen and oxygen atoms in total. The van der Waals surface area contributed by atoms with Crippen LogP contribution in [0.1, 0.15) is 194 Å². The fourth-order valence-corrected chi connectivity index (χ4v) is 11.8. The molecule has 9 aromatic carbocycles. The van der Waals surface area contributed by atoms with Crippen LogP contribution in [0.2, 0.25) is 0 Å². The molecule has 0 aliphatic heterocycles. The highest BCUT2D eigenvalue weighted by Crippen LogP contribution is 2.43. The third kappa shape index (κ3) is 13.9. The summed E-state index contributed by atoms with van der Waals surface area (Å²) in [4.78, 5) is 10.7. The highest BCUT2D eigenvalue weighted by Gasteiger charge is 2.24. The van der Waals surface area contributed by atoms with Gasteiger partial charge in [0.15, 0.2) is 0 Å². The van der Waals surface area contributed by atoms with Gasteiger partial charge < -0.3 is 5.73 Å². The number of nitrogens with zero attached hydrogens (tertiary/aromatic N) is 2. The van der Waals surface area contributed by atoms with E-state index in [9.17, 15) is 0 Å². The lowest BCUT2D eigenvalue weighted by Crippen LogP contribution is -2.08. The summed E-state index contributed by atoms with van der Waals surface area (Å²) in [6, 6.07) is 66.7. The molecule has 0 radical (unpaired) electrons. The first-order chi connectivity index (χ1) is 38.3. The third-order valence-electron chi connectivity index (χ3n) is 16.5. The Morgan fingerprint density at radius 3 is 0.650 bits per heavy atom. The maximum Gasteiger partial charge on any atom is 0.0706 e. The van der Waals surface area contributed by atoms with Gasteiger partial charge in [-0.2, -0.15) is 0 Å². The van der Waals surface area contributed by atoms with Crippen LogP contribution in [0, 0.1) is 62.3 Å². The van der Waals surface area contributed by atoms with Gasteiger partial charge in [-0.3, -0.25) is 9.98 Å². The minimum absolute atomic E-state index is 0.165. The topological polar surface area (TPSA) is 50.7 Å². The number of aliphatic imine (C=N–C) groups is 2. The number of anilines is 1. The molecule has 0 aliphatic rings. The van der Waals surface area contributed by atoms with Crippen molar-refractivity contribution < 1.29 is 0 Å². The summed E-state index contributed by atoms with van der Waals surface area (Å²) in [5.74, 6) is 1.21. The standard InChI is InChI=1S/C52H56N2.C25H29N/c1-33-15-11-19-43(25-33)39(7)47-29-37(5)30-48(40(8)44-20-12-16-34(2)26-44)51(47)53-23-24-54-52-49(41(9)45-21-13-17-35(3)27-45)31-38(6)32-50(52)42(10)46-22-14-18-36(4)28-46;1-16-8-6-10-21(12-16)19(4)23-14-18(3)15-24(25(23)26)20(5)22-11-7-9-17(2)13-22/h11-32,39-42H,1-10H3;6-15,19-20H,26H2,1-5H3/t39-,40-,41+,42+;. The molecule has 0 aliphatic carbocycles. The zero-order chi connectivity index (χ0) is 57.4. The molecule has 9 aromatic rings. The van der Waals surface area contributed by atoms with Crippen LogP contribution in [0.4, 0.5) is 17.1 Å². The highest BCUT2D eigenvalue weighted by atomic mass is 14.8. The molecule has 9 rings (SSSR count). The summed E-state index contributed by atoms with van der Waals surface area (Å²) in [5, 5.41) is 0. The van der Waals surface area contributed by atoms with Crippen molar-refractivity contribution in [3.05, 3.63) is 299 Å². The van der Waals surface area contributed by atoms with Gasteiger partial charge in [0.05, 0.1) is 11.4 Å². The Kier molecular flexibility index (Phi) is 18.9. The van der Waals surface area contributed by atoms with E-state index in [0.717, 1.165) is 17.1 Å². The lowest BCUT2D eigenvalue weighted by molar-refractivity contribution is 0.881. The van der Waals surface area contributed by atoms with Crippen molar-refractivity contribution in [1.82, 2.24) is 0 Å². The number of hydrogen-bond donors (Lipinski definition) is 1. The third-order valence-corrected chi connectivity index (χ3v) is 16.5. The molecule has 0 saturated heterocycles. The first-order valence-electron chi connectivity index (χ1n) is 28.9. The monoisotopic (exact) mass is 1050 g/mol. The van der Waals surface area contributed by atoms with E-state index in [4.69, 9.17) is 15.7 Å². The van der Waals surface area contributed by atoms with Gasteiger partial charge in [-0.15, -0.1) is 0 Å². The van der Waals surface area contributed by atoms with E-state index in [0.29, 0.717) is 0 Å². The van der Waals surface area contributed by atoms with Crippen LogP contribution in [0.15, 0.2) is 192 Å². The Bertz CT molecular complexity index is 3300. The second-order valence-corrected chi connectivity index (χ2v) is 23.3. The largest absolute Gasteiger partial charge is 0.398 e. The van der Waals surface area contributed by atoms with Crippen LogP contribution in [-0.4, -0.2) is 12.4 Å². The predicted octanol–water partition coefficient (Wildman–Crippen LogP) is 20.7. The van der Waals surface area contributed by atoms with E-state index in [2.05, 4.69) is 286 Å². The molecular weight excluding hydrogens is 967 g/mol. The minimum Gasteiger partial charge on any atom is -0.398 e. The molecule has 0 spiro atoms. The quantitative estimate of drug-likeness (QED) is 0.0807. The van der Waals surface area contributed by atoms with E-state index in [-0.39, 0.29) is 35.5 Å². The van der Waals surface area contributed by atoms with Crippen LogP contribution in [0.5, 0.6) is 0 Å². The van der Waals surface area contributed by atoms with Crippen LogP contribution < -0.4 is 5.73 Å². The lowest BCUT2D eigenvalue weighted by Gasteiger charge is -2.23. The molecule has 0 aromatic heterocycles. The smallest absolute Gasteiger partial charge is 0.0706 e. The van der Waals surface area contributed by atoms with Crippen molar-refractivity contribution in [2.45, 2.75) is 139 Å². The van der Waals surface area contributed by atoms with Gasteiger partial charge in [0.1, 0.15) is 0 Å². The molecule has 0 bridgehead atoms. The molecule has 80 heavy (non-hydrogen) atoms. The zero-order valence-electron chi connectivity index (χ0n) is 50.4. The average Bonchev–Trinajstić information content (AvgIpc) is 3.45. The van der Waals surface area contributed by atoms with Gasteiger partial charge in [-0.1, -0.05) is 274 Å². The van der Waals surface area contributed by atoms with E-state index >= 15 is 0 Å².